The summed E-state index contributed by atoms with van der Waals surface area (Å²) in [6.45, 7) is 9.14. The summed E-state index contributed by atoms with van der Waals surface area (Å²) >= 11 is 0. The first-order valence-corrected chi connectivity index (χ1v) is 9.05. The molecule has 0 saturated carbocycles. The maximum Gasteiger partial charge on any atom is 0.161 e. The molecular weight excluding hydrogens is 350 g/mol. The number of ether oxygens (including phenoxy) is 2. The van der Waals surface area contributed by atoms with Crippen LogP contribution in [0.5, 0.6) is 11.5 Å². The molecule has 1 aliphatic heterocycles. The van der Waals surface area contributed by atoms with Gasteiger partial charge in [-0.2, -0.15) is 0 Å². The van der Waals surface area contributed by atoms with Gasteiger partial charge in [0.15, 0.2) is 11.5 Å². The second-order valence-electron chi connectivity index (χ2n) is 6.12. The molecule has 3 rings (SSSR count). The third-order valence-corrected chi connectivity index (χ3v) is 4.44. The molecule has 142 valence electrons. The van der Waals surface area contributed by atoms with Crippen LogP contribution in [-0.2, 0) is 6.54 Å². The van der Waals surface area contributed by atoms with E-state index in [4.69, 9.17) is 9.47 Å². The van der Waals surface area contributed by atoms with E-state index in [1.54, 1.807) is 0 Å². The van der Waals surface area contributed by atoms with Crippen LogP contribution in [0, 0.1) is 0 Å². The highest BCUT2D eigenvalue weighted by Gasteiger charge is 2.24. The van der Waals surface area contributed by atoms with Gasteiger partial charge in [0.05, 0.1) is 13.2 Å². The Morgan fingerprint density at radius 3 is 2.54 bits per heavy atom. The number of pyridine rings is 1. The molecule has 1 atom stereocenters. The van der Waals surface area contributed by atoms with E-state index in [1.165, 1.54) is 11.1 Å². The average Bonchev–Trinajstić information content (AvgIpc) is 2.65. The van der Waals surface area contributed by atoms with Crippen molar-refractivity contribution in [1.82, 2.24) is 15.2 Å². The molecule has 1 aromatic carbocycles. The normalized spacial score (nSPS) is 17.4. The minimum absolute atomic E-state index is 0. The van der Waals surface area contributed by atoms with Crippen molar-refractivity contribution in [3.63, 3.8) is 0 Å². The van der Waals surface area contributed by atoms with Gasteiger partial charge in [0.2, 0.25) is 0 Å². The molecule has 1 fully saturated rings. The molecule has 2 aromatic rings. The van der Waals surface area contributed by atoms with Gasteiger partial charge in [-0.3, -0.25) is 9.88 Å². The van der Waals surface area contributed by atoms with Crippen LogP contribution in [0.4, 0.5) is 0 Å². The second-order valence-corrected chi connectivity index (χ2v) is 6.12. The quantitative estimate of drug-likeness (QED) is 0.800. The average molecular weight is 378 g/mol. The van der Waals surface area contributed by atoms with Crippen LogP contribution in [0.1, 0.15) is 31.0 Å². The maximum absolute atomic E-state index is 5.77. The van der Waals surface area contributed by atoms with Crippen LogP contribution in [0.25, 0.3) is 0 Å². The van der Waals surface area contributed by atoms with Gasteiger partial charge < -0.3 is 14.8 Å². The number of aromatic nitrogens is 1. The van der Waals surface area contributed by atoms with Gasteiger partial charge in [-0.1, -0.05) is 6.07 Å². The summed E-state index contributed by atoms with van der Waals surface area (Å²) in [7, 11) is 0. The molecule has 1 unspecified atom stereocenters. The fraction of sp³-hybridized carbons (Fsp3) is 0.450. The number of piperazine rings is 1. The van der Waals surface area contributed by atoms with Gasteiger partial charge in [-0.15, -0.1) is 12.4 Å². The molecule has 1 N–H and O–H groups in total. The SMILES string of the molecule is CCOc1ccc(CN2CCNCC2c2ccncc2)cc1OCC.Cl. The van der Waals surface area contributed by atoms with Crippen molar-refractivity contribution in [1.29, 1.82) is 0 Å². The predicted molar refractivity (Wildman–Crippen MR) is 106 cm³/mol. The third kappa shape index (κ3) is 5.10. The van der Waals surface area contributed by atoms with Gasteiger partial charge in [-0.25, -0.2) is 0 Å². The Morgan fingerprint density at radius 2 is 1.81 bits per heavy atom. The molecule has 0 radical (unpaired) electrons. The second kappa shape index (κ2) is 10.4. The highest BCUT2D eigenvalue weighted by molar-refractivity contribution is 5.85. The van der Waals surface area contributed by atoms with Crippen molar-refractivity contribution >= 4 is 12.4 Å². The summed E-state index contributed by atoms with van der Waals surface area (Å²) in [4.78, 5) is 6.65. The van der Waals surface area contributed by atoms with E-state index in [0.717, 1.165) is 37.7 Å². The molecule has 2 heterocycles. The lowest BCUT2D eigenvalue weighted by molar-refractivity contribution is 0.153. The predicted octanol–water partition coefficient (Wildman–Crippen LogP) is 3.45. The van der Waals surface area contributed by atoms with E-state index in [0.29, 0.717) is 19.3 Å². The molecule has 0 aliphatic carbocycles. The number of nitrogens with zero attached hydrogens (tertiary/aromatic N) is 2. The molecule has 5 nitrogen and oxygen atoms in total. The first kappa shape index (κ1) is 20.5. The molecule has 1 saturated heterocycles. The molecule has 6 heteroatoms. The molecular formula is C20H28ClN3O2. The summed E-state index contributed by atoms with van der Waals surface area (Å²) < 4.78 is 11.4. The summed E-state index contributed by atoms with van der Waals surface area (Å²) in [5.41, 5.74) is 2.55. The van der Waals surface area contributed by atoms with Crippen molar-refractivity contribution in [3.8, 4) is 11.5 Å². The standard InChI is InChI=1S/C20H27N3O2.ClH/c1-3-24-19-6-5-16(13-20(19)25-4-2)15-23-12-11-22-14-18(23)17-7-9-21-10-8-17;/h5-10,13,18,22H,3-4,11-12,14-15H2,1-2H3;1H. The van der Waals surface area contributed by atoms with Crippen LogP contribution >= 0.6 is 12.4 Å². The molecule has 0 spiro atoms. The minimum Gasteiger partial charge on any atom is -0.490 e. The molecule has 0 bridgehead atoms. The zero-order valence-electron chi connectivity index (χ0n) is 15.5. The summed E-state index contributed by atoms with van der Waals surface area (Å²) in [5, 5.41) is 3.50. The van der Waals surface area contributed by atoms with Crippen molar-refractivity contribution in [2.45, 2.75) is 26.4 Å². The number of nitrogens with one attached hydrogen (secondary N) is 1. The van der Waals surface area contributed by atoms with E-state index in [2.05, 4.69) is 39.5 Å². The van der Waals surface area contributed by atoms with E-state index in [1.807, 2.05) is 32.3 Å². The Hall–Kier alpha value is -1.82. The topological polar surface area (TPSA) is 46.6 Å². The van der Waals surface area contributed by atoms with Crippen LogP contribution in [0.15, 0.2) is 42.7 Å². The van der Waals surface area contributed by atoms with E-state index in [9.17, 15) is 0 Å². The number of hydrogen-bond donors (Lipinski definition) is 1. The Bertz CT molecular complexity index is 669. The molecule has 0 amide bonds. The van der Waals surface area contributed by atoms with Crippen molar-refractivity contribution in [3.05, 3.63) is 53.9 Å². The lowest BCUT2D eigenvalue weighted by Gasteiger charge is -2.36. The highest BCUT2D eigenvalue weighted by Crippen LogP contribution is 2.30. The summed E-state index contributed by atoms with van der Waals surface area (Å²) in [5.74, 6) is 1.65. The third-order valence-electron chi connectivity index (χ3n) is 4.44. The van der Waals surface area contributed by atoms with Crippen LogP contribution in [0.2, 0.25) is 0 Å². The summed E-state index contributed by atoms with van der Waals surface area (Å²) in [6, 6.07) is 10.8. The monoisotopic (exact) mass is 377 g/mol. The van der Waals surface area contributed by atoms with E-state index < -0.39 is 0 Å². The zero-order chi connectivity index (χ0) is 17.5. The zero-order valence-corrected chi connectivity index (χ0v) is 16.3. The Morgan fingerprint density at radius 1 is 1.08 bits per heavy atom. The molecule has 1 aliphatic rings. The smallest absolute Gasteiger partial charge is 0.161 e. The van der Waals surface area contributed by atoms with Gasteiger partial charge in [0, 0.05) is 44.6 Å². The Balaban J connectivity index is 0.00000243. The number of halogens is 1. The minimum atomic E-state index is 0. The fourth-order valence-corrected chi connectivity index (χ4v) is 3.28. The van der Waals surface area contributed by atoms with Crippen molar-refractivity contribution < 1.29 is 9.47 Å². The van der Waals surface area contributed by atoms with Crippen molar-refractivity contribution in [2.75, 3.05) is 32.8 Å². The Kier molecular flexibility index (Phi) is 8.16. The van der Waals surface area contributed by atoms with Gasteiger partial charge >= 0.3 is 0 Å². The summed E-state index contributed by atoms with van der Waals surface area (Å²) in [6.07, 6.45) is 3.73. The Labute approximate surface area is 162 Å². The van der Waals surface area contributed by atoms with Crippen LogP contribution < -0.4 is 14.8 Å². The maximum atomic E-state index is 5.77. The fourth-order valence-electron chi connectivity index (χ4n) is 3.28. The van der Waals surface area contributed by atoms with E-state index >= 15 is 0 Å². The highest BCUT2D eigenvalue weighted by atomic mass is 35.5. The van der Waals surface area contributed by atoms with Crippen LogP contribution in [0.3, 0.4) is 0 Å². The van der Waals surface area contributed by atoms with Gasteiger partial charge in [-0.05, 0) is 49.2 Å². The van der Waals surface area contributed by atoms with Crippen LogP contribution in [-0.4, -0.2) is 42.7 Å². The van der Waals surface area contributed by atoms with Crippen molar-refractivity contribution in [2.24, 2.45) is 0 Å². The first-order chi connectivity index (χ1) is 12.3. The number of rotatable bonds is 7. The number of benzene rings is 1. The first-order valence-electron chi connectivity index (χ1n) is 9.05. The lowest BCUT2D eigenvalue weighted by atomic mass is 10.0. The largest absolute Gasteiger partial charge is 0.490 e. The molecule has 1 aromatic heterocycles. The lowest BCUT2D eigenvalue weighted by Crippen LogP contribution is -2.45. The van der Waals surface area contributed by atoms with Gasteiger partial charge in [0.25, 0.3) is 0 Å². The van der Waals surface area contributed by atoms with Gasteiger partial charge in [0.1, 0.15) is 0 Å². The van der Waals surface area contributed by atoms with E-state index in [-0.39, 0.29) is 12.4 Å². The number of hydrogen-bond acceptors (Lipinski definition) is 5. The molecule has 26 heavy (non-hydrogen) atoms.